The highest BCUT2D eigenvalue weighted by Gasteiger charge is 2.14. The van der Waals surface area contributed by atoms with Crippen LogP contribution in [0.2, 0.25) is 0 Å². The normalized spacial score (nSPS) is 25.1. The van der Waals surface area contributed by atoms with Crippen LogP contribution < -0.4 is 15.6 Å². The van der Waals surface area contributed by atoms with Crippen molar-refractivity contribution >= 4 is 34.4 Å². The Morgan fingerprint density at radius 3 is 2.86 bits per heavy atom. The van der Waals surface area contributed by atoms with Gasteiger partial charge in [-0.25, -0.2) is 9.98 Å². The van der Waals surface area contributed by atoms with Crippen molar-refractivity contribution in [3.8, 4) is 0 Å². The van der Waals surface area contributed by atoms with E-state index >= 15 is 0 Å². The first kappa shape index (κ1) is 14.7. The molecule has 22 heavy (non-hydrogen) atoms. The van der Waals surface area contributed by atoms with Crippen LogP contribution in [0, 0.1) is 0 Å². The van der Waals surface area contributed by atoms with Crippen LogP contribution in [0.4, 0.5) is 5.82 Å². The molecule has 0 radical (unpaired) electrons. The van der Waals surface area contributed by atoms with Crippen molar-refractivity contribution in [2.45, 2.75) is 0 Å². The molecule has 0 aliphatic carbocycles. The van der Waals surface area contributed by atoms with E-state index in [1.165, 1.54) is 6.21 Å². The highest BCUT2D eigenvalue weighted by molar-refractivity contribution is 6.80. The van der Waals surface area contributed by atoms with Crippen LogP contribution in [0.1, 0.15) is 5.69 Å². The minimum Gasteiger partial charge on any atom is -0.354 e. The summed E-state index contributed by atoms with van der Waals surface area (Å²) in [5, 5.41) is 7.55. The standard InChI is InChI=1S/C15H17ClN6/c1-11-12(9-18-19-10-14(16)20-11)13-3-2-4-15(21-13)22-7-5-17-6-8-22/h2-4,9-10,17-18H,1,5-8H2/b12-9+,19-10-,20-14+. The maximum Gasteiger partial charge on any atom is 0.149 e. The Balaban J connectivity index is 1.91. The van der Waals surface area contributed by atoms with Crippen LogP contribution in [0.5, 0.6) is 0 Å². The predicted molar refractivity (Wildman–Crippen MR) is 91.4 cm³/mol. The third kappa shape index (κ3) is 3.35. The van der Waals surface area contributed by atoms with Crippen LogP contribution in [0.3, 0.4) is 0 Å². The Kier molecular flexibility index (Phi) is 4.50. The first-order chi connectivity index (χ1) is 10.7. The van der Waals surface area contributed by atoms with Crippen LogP contribution in [0.25, 0.3) is 5.57 Å². The van der Waals surface area contributed by atoms with Gasteiger partial charge >= 0.3 is 0 Å². The highest BCUT2D eigenvalue weighted by atomic mass is 35.5. The fraction of sp³-hybridized carbons (Fsp3) is 0.267. The number of nitrogens with zero attached hydrogens (tertiary/aromatic N) is 4. The molecule has 1 aromatic heterocycles. The van der Waals surface area contributed by atoms with E-state index in [0.29, 0.717) is 5.70 Å². The lowest BCUT2D eigenvalue weighted by molar-refractivity contribution is 0.585. The summed E-state index contributed by atoms with van der Waals surface area (Å²) in [6.45, 7) is 7.79. The zero-order valence-electron chi connectivity index (χ0n) is 12.1. The Morgan fingerprint density at radius 2 is 2.05 bits per heavy atom. The van der Waals surface area contributed by atoms with E-state index in [4.69, 9.17) is 16.6 Å². The second kappa shape index (κ2) is 6.72. The molecular weight excluding hydrogens is 300 g/mol. The average Bonchev–Trinajstić information content (AvgIpc) is 2.54. The number of rotatable bonds is 2. The lowest BCUT2D eigenvalue weighted by atomic mass is 10.1. The van der Waals surface area contributed by atoms with Gasteiger partial charge in [-0.3, -0.25) is 5.43 Å². The number of piperazine rings is 1. The molecule has 114 valence electrons. The SMILES string of the molecule is C=C1/N=C(Cl)\C=N/N/C=C\1c1cccc(N2CCNCC2)n1. The third-order valence-corrected chi connectivity index (χ3v) is 3.64. The molecule has 0 amide bonds. The van der Waals surface area contributed by atoms with Gasteiger partial charge in [0.1, 0.15) is 11.0 Å². The van der Waals surface area contributed by atoms with Crippen LogP contribution in [-0.2, 0) is 0 Å². The number of anilines is 1. The molecule has 2 aliphatic rings. The Bertz CT molecular complexity index is 658. The number of hydrogen-bond donors (Lipinski definition) is 2. The molecule has 3 rings (SSSR count). The van der Waals surface area contributed by atoms with Crippen molar-refractivity contribution in [1.29, 1.82) is 0 Å². The van der Waals surface area contributed by atoms with Crippen molar-refractivity contribution in [2.75, 3.05) is 31.1 Å². The molecule has 0 atom stereocenters. The number of hydrazone groups is 1. The summed E-state index contributed by atoms with van der Waals surface area (Å²) < 4.78 is 0. The highest BCUT2D eigenvalue weighted by Crippen LogP contribution is 2.24. The predicted octanol–water partition coefficient (Wildman–Crippen LogP) is 1.57. The van der Waals surface area contributed by atoms with Gasteiger partial charge in [-0.05, 0) is 12.1 Å². The first-order valence-electron chi connectivity index (χ1n) is 7.09. The van der Waals surface area contributed by atoms with Gasteiger partial charge in [-0.15, -0.1) is 0 Å². The molecular formula is C15H17ClN6. The maximum atomic E-state index is 5.93. The molecule has 0 bridgehead atoms. The molecule has 1 aromatic rings. The van der Waals surface area contributed by atoms with Gasteiger partial charge < -0.3 is 10.2 Å². The number of aliphatic imine (C=N–C) groups is 1. The van der Waals surface area contributed by atoms with E-state index in [-0.39, 0.29) is 5.17 Å². The molecule has 1 saturated heterocycles. The van der Waals surface area contributed by atoms with Crippen LogP contribution in [-0.4, -0.2) is 42.5 Å². The smallest absolute Gasteiger partial charge is 0.149 e. The number of halogens is 1. The van der Waals surface area contributed by atoms with Crippen LogP contribution >= 0.6 is 11.6 Å². The third-order valence-electron chi connectivity index (χ3n) is 3.46. The molecule has 2 aliphatic heterocycles. The molecule has 1 fully saturated rings. The van der Waals surface area contributed by atoms with Crippen molar-refractivity contribution in [2.24, 2.45) is 10.1 Å². The number of aromatic nitrogens is 1. The summed E-state index contributed by atoms with van der Waals surface area (Å²) in [6, 6.07) is 5.93. The lowest BCUT2D eigenvalue weighted by Gasteiger charge is -2.28. The van der Waals surface area contributed by atoms with E-state index in [9.17, 15) is 0 Å². The van der Waals surface area contributed by atoms with E-state index in [1.54, 1.807) is 6.20 Å². The molecule has 0 aromatic carbocycles. The lowest BCUT2D eigenvalue weighted by Crippen LogP contribution is -2.43. The zero-order valence-corrected chi connectivity index (χ0v) is 12.8. The Labute approximate surface area is 134 Å². The summed E-state index contributed by atoms with van der Waals surface area (Å²) in [6.07, 6.45) is 3.17. The van der Waals surface area contributed by atoms with Gasteiger partial charge in [0.2, 0.25) is 0 Å². The van der Waals surface area contributed by atoms with Crippen molar-refractivity contribution in [3.05, 3.63) is 42.4 Å². The second-order valence-electron chi connectivity index (χ2n) is 4.94. The van der Waals surface area contributed by atoms with Crippen molar-refractivity contribution in [3.63, 3.8) is 0 Å². The molecule has 0 saturated carbocycles. The summed E-state index contributed by atoms with van der Waals surface area (Å²) in [5.41, 5.74) is 4.92. The monoisotopic (exact) mass is 316 g/mol. The van der Waals surface area contributed by atoms with Crippen molar-refractivity contribution in [1.82, 2.24) is 15.7 Å². The maximum absolute atomic E-state index is 5.93. The zero-order chi connectivity index (χ0) is 15.4. The minimum atomic E-state index is 0.279. The van der Waals surface area contributed by atoms with E-state index < -0.39 is 0 Å². The van der Waals surface area contributed by atoms with Crippen LogP contribution in [0.15, 0.2) is 46.8 Å². The molecule has 3 heterocycles. The Hall–Kier alpha value is -2.18. The summed E-state index contributed by atoms with van der Waals surface area (Å²) in [7, 11) is 0. The topological polar surface area (TPSA) is 64.9 Å². The molecule has 0 spiro atoms. The molecule has 7 heteroatoms. The van der Waals surface area contributed by atoms with Gasteiger partial charge in [0, 0.05) is 38.0 Å². The summed E-state index contributed by atoms with van der Waals surface area (Å²) >= 11 is 5.93. The van der Waals surface area contributed by atoms with Crippen molar-refractivity contribution < 1.29 is 0 Å². The van der Waals surface area contributed by atoms with Gasteiger partial charge in [0.05, 0.1) is 17.6 Å². The van der Waals surface area contributed by atoms with E-state index in [1.807, 2.05) is 18.2 Å². The fourth-order valence-corrected chi connectivity index (χ4v) is 2.51. The number of pyridine rings is 1. The minimum absolute atomic E-state index is 0.279. The molecule has 0 unspecified atom stereocenters. The number of hydrogen-bond acceptors (Lipinski definition) is 6. The average molecular weight is 317 g/mol. The quantitative estimate of drug-likeness (QED) is 0.869. The second-order valence-corrected chi connectivity index (χ2v) is 5.33. The summed E-state index contributed by atoms with van der Waals surface area (Å²) in [5.74, 6) is 0.952. The number of nitrogens with one attached hydrogen (secondary N) is 2. The summed E-state index contributed by atoms with van der Waals surface area (Å²) in [4.78, 5) is 11.2. The van der Waals surface area contributed by atoms with Gasteiger partial charge in [0.15, 0.2) is 0 Å². The van der Waals surface area contributed by atoms with Gasteiger partial charge in [-0.1, -0.05) is 24.2 Å². The Morgan fingerprint density at radius 1 is 1.23 bits per heavy atom. The fourth-order valence-electron chi connectivity index (χ4n) is 2.36. The van der Waals surface area contributed by atoms with E-state index in [2.05, 4.69) is 32.3 Å². The van der Waals surface area contributed by atoms with Gasteiger partial charge in [0.25, 0.3) is 0 Å². The largest absolute Gasteiger partial charge is 0.354 e. The number of allylic oxidation sites excluding steroid dienone is 1. The molecule has 2 N–H and O–H groups in total. The van der Waals surface area contributed by atoms with Gasteiger partial charge in [-0.2, -0.15) is 5.10 Å². The molecule has 6 nitrogen and oxygen atoms in total. The van der Waals surface area contributed by atoms with E-state index in [0.717, 1.165) is 43.3 Å². The first-order valence-corrected chi connectivity index (χ1v) is 7.47.